The lowest BCUT2D eigenvalue weighted by molar-refractivity contribution is -0.251. The van der Waals surface area contributed by atoms with Gasteiger partial charge >= 0.3 is 18.0 Å². The van der Waals surface area contributed by atoms with E-state index in [2.05, 4.69) is 9.57 Å². The van der Waals surface area contributed by atoms with Gasteiger partial charge < -0.3 is 9.84 Å². The fraction of sp³-hybridized carbons (Fsp3) is 0.714. The Bertz CT molecular complexity index is 244. The maximum Gasteiger partial charge on any atom is 0.438 e. The van der Waals surface area contributed by atoms with Crippen molar-refractivity contribution in [1.29, 1.82) is 0 Å². The molecule has 88 valence electrons. The van der Waals surface area contributed by atoms with E-state index in [0.29, 0.717) is 0 Å². The highest BCUT2D eigenvalue weighted by Crippen LogP contribution is 2.17. The van der Waals surface area contributed by atoms with Crippen LogP contribution in [0.3, 0.4) is 0 Å². The first-order valence-electron chi connectivity index (χ1n) is 3.95. The van der Waals surface area contributed by atoms with Gasteiger partial charge in [-0.05, 0) is 13.8 Å². The first kappa shape index (κ1) is 13.7. The topological polar surface area (TPSA) is 84.9 Å². The van der Waals surface area contributed by atoms with Gasteiger partial charge in [0, 0.05) is 0 Å². The second-order valence-electron chi connectivity index (χ2n) is 2.80. The summed E-state index contributed by atoms with van der Waals surface area (Å²) < 4.78 is 29.4. The standard InChI is InChI=1S/C7H11F2NO5/c1-4(2)15-7(8,9)6(13)10-14-3-5(11)12/h4H,3H2,1-2H3,(H,10,13)(H,11,12). The highest BCUT2D eigenvalue weighted by Gasteiger charge is 2.41. The predicted molar refractivity (Wildman–Crippen MR) is 42.9 cm³/mol. The lowest BCUT2D eigenvalue weighted by Crippen LogP contribution is -2.44. The predicted octanol–water partition coefficient (Wildman–Crippen LogP) is 0.137. The first-order valence-corrected chi connectivity index (χ1v) is 3.95. The smallest absolute Gasteiger partial charge is 0.438 e. The molecule has 0 fully saturated rings. The van der Waals surface area contributed by atoms with E-state index in [4.69, 9.17) is 5.11 Å². The molecule has 0 saturated heterocycles. The number of hydrogen-bond acceptors (Lipinski definition) is 4. The number of aliphatic carboxylic acids is 1. The molecule has 0 spiro atoms. The van der Waals surface area contributed by atoms with Crippen LogP contribution in [0.5, 0.6) is 0 Å². The van der Waals surface area contributed by atoms with Crippen LogP contribution in [-0.4, -0.2) is 35.8 Å². The molecule has 0 aromatic heterocycles. The highest BCUT2D eigenvalue weighted by molar-refractivity contribution is 5.81. The molecule has 0 aliphatic rings. The zero-order valence-electron chi connectivity index (χ0n) is 8.12. The van der Waals surface area contributed by atoms with Gasteiger partial charge in [0.25, 0.3) is 0 Å². The van der Waals surface area contributed by atoms with Gasteiger partial charge in [-0.15, -0.1) is 0 Å². The highest BCUT2D eigenvalue weighted by atomic mass is 19.3. The van der Waals surface area contributed by atoms with Crippen LogP contribution in [0.2, 0.25) is 0 Å². The molecular weight excluding hydrogens is 216 g/mol. The molecule has 0 rings (SSSR count). The first-order chi connectivity index (χ1) is 6.75. The summed E-state index contributed by atoms with van der Waals surface area (Å²) in [6.45, 7) is 1.72. The summed E-state index contributed by atoms with van der Waals surface area (Å²) in [5.41, 5.74) is 1.26. The zero-order chi connectivity index (χ0) is 12.1. The Morgan fingerprint density at radius 2 is 2.00 bits per heavy atom. The molecule has 2 N–H and O–H groups in total. The summed E-state index contributed by atoms with van der Waals surface area (Å²) in [5, 5.41) is 8.08. The van der Waals surface area contributed by atoms with Gasteiger partial charge in [-0.3, -0.25) is 9.63 Å². The largest absolute Gasteiger partial charge is 0.479 e. The van der Waals surface area contributed by atoms with Gasteiger partial charge in [0.05, 0.1) is 6.10 Å². The Morgan fingerprint density at radius 1 is 1.47 bits per heavy atom. The third-order valence-corrected chi connectivity index (χ3v) is 1.01. The lowest BCUT2D eigenvalue weighted by Gasteiger charge is -2.17. The number of ether oxygens (including phenoxy) is 1. The average molecular weight is 227 g/mol. The van der Waals surface area contributed by atoms with Crippen LogP contribution in [0.4, 0.5) is 8.78 Å². The van der Waals surface area contributed by atoms with Crippen LogP contribution in [-0.2, 0) is 19.2 Å². The number of halogens is 2. The van der Waals surface area contributed by atoms with E-state index < -0.39 is 30.7 Å². The summed E-state index contributed by atoms with van der Waals surface area (Å²) in [6.07, 6.45) is -4.91. The van der Waals surface area contributed by atoms with Gasteiger partial charge in [0.1, 0.15) is 0 Å². The van der Waals surface area contributed by atoms with Gasteiger partial charge in [0.2, 0.25) is 0 Å². The van der Waals surface area contributed by atoms with Crippen molar-refractivity contribution in [2.24, 2.45) is 0 Å². The second kappa shape index (κ2) is 5.56. The SMILES string of the molecule is CC(C)OC(F)(F)C(=O)NOCC(=O)O. The number of carbonyl (C=O) groups excluding carboxylic acids is 1. The fourth-order valence-electron chi connectivity index (χ4n) is 0.572. The number of carboxylic acid groups (broad SMARTS) is 1. The maximum absolute atomic E-state index is 12.7. The molecule has 0 bridgehead atoms. The Morgan fingerprint density at radius 3 is 2.40 bits per heavy atom. The van der Waals surface area contributed by atoms with Crippen molar-refractivity contribution in [3.63, 3.8) is 0 Å². The van der Waals surface area contributed by atoms with Crippen molar-refractivity contribution in [1.82, 2.24) is 5.48 Å². The molecule has 0 aromatic rings. The third kappa shape index (κ3) is 5.92. The van der Waals surface area contributed by atoms with E-state index in [0.717, 1.165) is 0 Å². The van der Waals surface area contributed by atoms with Crippen molar-refractivity contribution in [3.8, 4) is 0 Å². The Kier molecular flexibility index (Phi) is 5.09. The molecule has 0 unspecified atom stereocenters. The summed E-state index contributed by atoms with van der Waals surface area (Å²) in [6, 6.07) is 0. The van der Waals surface area contributed by atoms with E-state index >= 15 is 0 Å². The van der Waals surface area contributed by atoms with Crippen LogP contribution in [0, 0.1) is 0 Å². The third-order valence-electron chi connectivity index (χ3n) is 1.01. The van der Waals surface area contributed by atoms with Gasteiger partial charge in [-0.1, -0.05) is 0 Å². The molecule has 0 heterocycles. The second-order valence-corrected chi connectivity index (χ2v) is 2.80. The number of hydroxylamine groups is 1. The van der Waals surface area contributed by atoms with E-state index in [1.54, 1.807) is 0 Å². The Hall–Kier alpha value is -1.28. The van der Waals surface area contributed by atoms with Crippen LogP contribution >= 0.6 is 0 Å². The molecule has 0 radical (unpaired) electrons. The molecule has 8 heteroatoms. The molecule has 1 amide bonds. The Labute approximate surface area is 84.1 Å². The van der Waals surface area contributed by atoms with Crippen molar-refractivity contribution in [2.45, 2.75) is 26.1 Å². The minimum absolute atomic E-state index is 0.856. The van der Waals surface area contributed by atoms with Gasteiger partial charge in [-0.25, -0.2) is 10.3 Å². The molecule has 15 heavy (non-hydrogen) atoms. The molecule has 0 aliphatic carbocycles. The Balaban J connectivity index is 4.02. The number of hydrogen-bond donors (Lipinski definition) is 2. The van der Waals surface area contributed by atoms with Crippen LogP contribution < -0.4 is 5.48 Å². The van der Waals surface area contributed by atoms with Crippen LogP contribution in [0.15, 0.2) is 0 Å². The number of carbonyl (C=O) groups is 2. The summed E-state index contributed by atoms with van der Waals surface area (Å²) in [7, 11) is 0. The molecule has 0 aromatic carbocycles. The monoisotopic (exact) mass is 227 g/mol. The zero-order valence-corrected chi connectivity index (χ0v) is 8.12. The quantitative estimate of drug-likeness (QED) is 0.630. The number of amides is 1. The molecule has 6 nitrogen and oxygen atoms in total. The maximum atomic E-state index is 12.7. The summed E-state index contributed by atoms with van der Waals surface area (Å²) >= 11 is 0. The van der Waals surface area contributed by atoms with E-state index in [1.807, 2.05) is 0 Å². The van der Waals surface area contributed by atoms with Crippen LogP contribution in [0.25, 0.3) is 0 Å². The fourth-order valence-corrected chi connectivity index (χ4v) is 0.572. The molecule has 0 atom stereocenters. The minimum Gasteiger partial charge on any atom is -0.479 e. The molecule has 0 aliphatic heterocycles. The lowest BCUT2D eigenvalue weighted by atomic mass is 10.4. The van der Waals surface area contributed by atoms with Gasteiger partial charge in [-0.2, -0.15) is 8.78 Å². The van der Waals surface area contributed by atoms with E-state index in [-0.39, 0.29) is 0 Å². The van der Waals surface area contributed by atoms with Crippen LogP contribution in [0.1, 0.15) is 13.8 Å². The number of rotatable bonds is 6. The summed E-state index contributed by atoms with van der Waals surface area (Å²) in [4.78, 5) is 24.6. The number of nitrogens with one attached hydrogen (secondary N) is 1. The number of alkyl halides is 2. The molecule has 0 saturated carbocycles. The van der Waals surface area contributed by atoms with Crippen molar-refractivity contribution in [2.75, 3.05) is 6.61 Å². The number of carboxylic acids is 1. The van der Waals surface area contributed by atoms with E-state index in [9.17, 15) is 18.4 Å². The minimum atomic E-state index is -4.05. The summed E-state index contributed by atoms with van der Waals surface area (Å²) in [5.74, 6) is -3.25. The molecular formula is C7H11F2NO5. The van der Waals surface area contributed by atoms with Crippen molar-refractivity contribution in [3.05, 3.63) is 0 Å². The normalized spacial score (nSPS) is 11.5. The van der Waals surface area contributed by atoms with E-state index in [1.165, 1.54) is 19.3 Å². The van der Waals surface area contributed by atoms with Crippen molar-refractivity contribution < 1.29 is 33.1 Å². The van der Waals surface area contributed by atoms with Gasteiger partial charge in [0.15, 0.2) is 6.61 Å². The average Bonchev–Trinajstić information content (AvgIpc) is 2.00. The van der Waals surface area contributed by atoms with Crippen molar-refractivity contribution >= 4 is 11.9 Å².